The molecule has 1 amide bonds. The maximum Gasteiger partial charge on any atom is 0.263 e. The minimum Gasteiger partial charge on any atom is -0.488 e. The van der Waals surface area contributed by atoms with Crippen molar-refractivity contribution in [2.24, 2.45) is 7.05 Å². The minimum absolute atomic E-state index is 0.0693. The lowest BCUT2D eigenvalue weighted by molar-refractivity contribution is 0.0903. The first kappa shape index (κ1) is 37.4. The Bertz CT molecular complexity index is 1860. The zero-order valence-corrected chi connectivity index (χ0v) is 30.9. The van der Waals surface area contributed by atoms with E-state index in [1.165, 1.54) is 4.57 Å². The third-order valence-corrected chi connectivity index (χ3v) is 10.6. The van der Waals surface area contributed by atoms with Crippen LogP contribution in [0.15, 0.2) is 88.9 Å². The number of rotatable bonds is 12. The molecule has 0 spiro atoms. The molecule has 262 valence electrons. The highest BCUT2D eigenvalue weighted by Crippen LogP contribution is 2.41. The highest BCUT2D eigenvalue weighted by molar-refractivity contribution is 7.86. The average Bonchev–Trinajstić information content (AvgIpc) is 3.18. The summed E-state index contributed by atoms with van der Waals surface area (Å²) >= 11 is 0. The number of carbonyl (C=O) groups is 1. The molecule has 1 aromatic heterocycles. The highest BCUT2D eigenvalue weighted by Gasteiger charge is 2.37. The zero-order valence-electron chi connectivity index (χ0n) is 30.1. The van der Waals surface area contributed by atoms with Crippen molar-refractivity contribution in [1.29, 1.82) is 0 Å². The Morgan fingerprint density at radius 3 is 2.59 bits per heavy atom. The van der Waals surface area contributed by atoms with Crippen LogP contribution >= 0.6 is 0 Å². The summed E-state index contributed by atoms with van der Waals surface area (Å²) in [5.41, 5.74) is 11.8. The van der Waals surface area contributed by atoms with E-state index in [4.69, 9.17) is 10.5 Å². The van der Waals surface area contributed by atoms with Gasteiger partial charge in [-0.3, -0.25) is 9.59 Å². The second-order valence-corrected chi connectivity index (χ2v) is 14.5. The molecule has 1 aliphatic heterocycles. The number of nitrogen functional groups attached to an aromatic ring is 1. The molecule has 2 unspecified atom stereocenters. The van der Waals surface area contributed by atoms with Crippen LogP contribution in [0.4, 0.5) is 11.4 Å². The molecule has 0 fully saturated rings. The normalized spacial score (nSPS) is 17.8. The minimum atomic E-state index is -1.50. The number of pyridine rings is 1. The molecule has 0 bridgehead atoms. The van der Waals surface area contributed by atoms with E-state index in [9.17, 15) is 13.8 Å². The van der Waals surface area contributed by atoms with Gasteiger partial charge in [0.25, 0.3) is 11.5 Å². The number of hydrogen-bond acceptors (Lipinski definition) is 6. The van der Waals surface area contributed by atoms with Crippen molar-refractivity contribution >= 4 is 28.3 Å². The van der Waals surface area contributed by atoms with E-state index in [1.54, 1.807) is 31.5 Å². The van der Waals surface area contributed by atoms with Crippen LogP contribution in [0.2, 0.25) is 0 Å². The van der Waals surface area contributed by atoms with Crippen molar-refractivity contribution in [2.45, 2.75) is 79.0 Å². The molecule has 0 saturated heterocycles. The molecular formula is C39H51N5O4S. The quantitative estimate of drug-likeness (QED) is 0.185. The van der Waals surface area contributed by atoms with Crippen LogP contribution in [0.5, 0.6) is 0 Å². The van der Waals surface area contributed by atoms with Crippen molar-refractivity contribution in [2.75, 3.05) is 24.1 Å². The Morgan fingerprint density at radius 2 is 1.94 bits per heavy atom. The van der Waals surface area contributed by atoms with Gasteiger partial charge in [-0.05, 0) is 106 Å². The van der Waals surface area contributed by atoms with Gasteiger partial charge in [-0.2, -0.15) is 0 Å². The van der Waals surface area contributed by atoms with E-state index in [0.29, 0.717) is 29.4 Å². The van der Waals surface area contributed by atoms with Crippen molar-refractivity contribution < 1.29 is 13.7 Å². The summed E-state index contributed by atoms with van der Waals surface area (Å²) in [7, 11) is 0.121. The highest BCUT2D eigenvalue weighted by atomic mass is 32.2. The molecule has 0 aliphatic carbocycles. The summed E-state index contributed by atoms with van der Waals surface area (Å²) in [6, 6.07) is 13.5. The molecule has 4 N–H and O–H groups in total. The molecule has 49 heavy (non-hydrogen) atoms. The van der Waals surface area contributed by atoms with Crippen molar-refractivity contribution in [1.82, 2.24) is 14.2 Å². The number of carbonyl (C=O) groups excluding carboxylic acids is 1. The summed E-state index contributed by atoms with van der Waals surface area (Å²) < 4.78 is 23.6. The molecule has 3 aromatic rings. The van der Waals surface area contributed by atoms with E-state index in [1.807, 2.05) is 64.1 Å². The lowest BCUT2D eigenvalue weighted by Gasteiger charge is -2.38. The van der Waals surface area contributed by atoms with Gasteiger partial charge in [0.2, 0.25) is 0 Å². The number of ether oxygens (including phenoxy) is 1. The van der Waals surface area contributed by atoms with Crippen LogP contribution in [0, 0.1) is 13.8 Å². The Kier molecular flexibility index (Phi) is 12.1. The lowest BCUT2D eigenvalue weighted by atomic mass is 9.74. The van der Waals surface area contributed by atoms with Gasteiger partial charge >= 0.3 is 0 Å². The van der Waals surface area contributed by atoms with E-state index in [2.05, 4.69) is 48.4 Å². The number of nitrogens with zero attached hydrogens (tertiary/aromatic N) is 2. The molecule has 2 heterocycles. The third kappa shape index (κ3) is 8.08. The van der Waals surface area contributed by atoms with Gasteiger partial charge in [0.1, 0.15) is 28.4 Å². The fourth-order valence-corrected chi connectivity index (χ4v) is 7.66. The van der Waals surface area contributed by atoms with Gasteiger partial charge in [-0.1, -0.05) is 43.8 Å². The van der Waals surface area contributed by atoms with Crippen LogP contribution in [0.3, 0.4) is 0 Å². The average molecular weight is 686 g/mol. The predicted molar refractivity (Wildman–Crippen MR) is 202 cm³/mol. The summed E-state index contributed by atoms with van der Waals surface area (Å²) in [4.78, 5) is 27.2. The molecule has 4 rings (SSSR count). The van der Waals surface area contributed by atoms with Crippen molar-refractivity contribution in [3.8, 4) is 0 Å². The van der Waals surface area contributed by atoms with E-state index < -0.39 is 22.4 Å². The van der Waals surface area contributed by atoms with E-state index >= 15 is 0 Å². The number of benzene rings is 2. The second kappa shape index (κ2) is 15.9. The first-order chi connectivity index (χ1) is 23.3. The summed E-state index contributed by atoms with van der Waals surface area (Å²) in [6.45, 7) is 19.5. The topological polar surface area (TPSA) is 119 Å². The maximum atomic E-state index is 14.0. The van der Waals surface area contributed by atoms with E-state index in [-0.39, 0.29) is 23.1 Å². The summed E-state index contributed by atoms with van der Waals surface area (Å²) in [5, 5.41) is 6.52. The Hall–Kier alpha value is -4.41. The molecule has 10 heteroatoms. The number of anilines is 2. The summed E-state index contributed by atoms with van der Waals surface area (Å²) in [5.74, 6) is -0.243. The largest absolute Gasteiger partial charge is 0.488 e. The Labute approximate surface area is 293 Å². The molecule has 0 saturated carbocycles. The van der Waals surface area contributed by atoms with Gasteiger partial charge in [0, 0.05) is 44.3 Å². The zero-order chi connectivity index (χ0) is 36.0. The fourth-order valence-electron chi connectivity index (χ4n) is 6.40. The van der Waals surface area contributed by atoms with Crippen LogP contribution in [0.25, 0.3) is 0 Å². The first-order valence-electron chi connectivity index (χ1n) is 16.8. The summed E-state index contributed by atoms with van der Waals surface area (Å²) in [6.07, 6.45) is 7.56. The molecule has 2 aromatic carbocycles. The second-order valence-electron chi connectivity index (χ2n) is 13.1. The standard InChI is InChI=1S/C39H51N5O4S/c1-10-15-33-34(12-3)49(47)44(24-29(11-2)48-33)23-28-22-27(18-17-25(28)5)35(30-19-20-32(41-13-4)36(40)26(30)6)39(7,8)42-37(45)31-16-14-21-43(9)38(31)46/h10,12,14-22,29,35,41H,3,11,13,23-24,40H2,1-2,4-9H3,(H,42,45)/b15-10-/t29-,35?,49?/m1/s1. The lowest BCUT2D eigenvalue weighted by Crippen LogP contribution is -2.50. The number of aryl methyl sites for hydroxylation is 2. The molecular weight excluding hydrogens is 635 g/mol. The Morgan fingerprint density at radius 1 is 1.20 bits per heavy atom. The predicted octanol–water partition coefficient (Wildman–Crippen LogP) is 6.60. The number of amides is 1. The number of nitrogens with one attached hydrogen (secondary N) is 2. The van der Waals surface area contributed by atoms with E-state index in [0.717, 1.165) is 46.5 Å². The molecule has 3 atom stereocenters. The van der Waals surface area contributed by atoms with Crippen LogP contribution in [-0.4, -0.2) is 43.7 Å². The SMILES string of the molecule is C=CC1=C(/C=C\C)O[C@H](CC)CN(Cc2cc(C(c3ccc(NCC)c(N)c3C)C(C)(C)NC(=O)c3cccn(C)c3=O)ccc2C)S1=O. The number of nitrogens with two attached hydrogens (primary N) is 1. The monoisotopic (exact) mass is 685 g/mol. The number of aromatic nitrogens is 1. The van der Waals surface area contributed by atoms with Gasteiger partial charge in [0.05, 0.1) is 16.3 Å². The molecule has 0 radical (unpaired) electrons. The molecule has 1 aliphatic rings. The third-order valence-electron chi connectivity index (χ3n) is 9.14. The molecule has 9 nitrogen and oxygen atoms in total. The number of hydrogen-bond donors (Lipinski definition) is 3. The van der Waals surface area contributed by atoms with Gasteiger partial charge < -0.3 is 25.7 Å². The number of allylic oxidation sites excluding steroid dienone is 3. The van der Waals surface area contributed by atoms with Gasteiger partial charge in [0.15, 0.2) is 0 Å². The van der Waals surface area contributed by atoms with Gasteiger partial charge in [-0.25, -0.2) is 8.51 Å². The van der Waals surface area contributed by atoms with Crippen molar-refractivity contribution in [3.05, 3.63) is 128 Å². The van der Waals surface area contributed by atoms with Crippen LogP contribution < -0.4 is 21.9 Å². The first-order valence-corrected chi connectivity index (χ1v) is 17.9. The van der Waals surface area contributed by atoms with Gasteiger partial charge in [-0.15, -0.1) is 0 Å². The van der Waals surface area contributed by atoms with Crippen molar-refractivity contribution in [3.63, 3.8) is 0 Å². The van der Waals surface area contributed by atoms with Crippen LogP contribution in [0.1, 0.15) is 85.1 Å². The smallest absolute Gasteiger partial charge is 0.263 e. The van der Waals surface area contributed by atoms with Crippen LogP contribution in [-0.2, 0) is 29.3 Å². The fraction of sp³-hybridized carbons (Fsp3) is 0.385. The Balaban J connectivity index is 1.84. The maximum absolute atomic E-state index is 14.0.